The maximum Gasteiger partial charge on any atom is 0.309 e. The number of ether oxygens (including phenoxy) is 2. The average molecular weight is 497 g/mol. The number of rotatable bonds is 0. The number of carbonyl (C=O) groups is 2. The second kappa shape index (κ2) is 6.85. The molecule has 6 nitrogen and oxygen atoms in total. The summed E-state index contributed by atoms with van der Waals surface area (Å²) < 4.78 is 12.4. The molecule has 0 aromatic heterocycles. The summed E-state index contributed by atoms with van der Waals surface area (Å²) in [4.78, 5) is 25.7. The van der Waals surface area contributed by atoms with E-state index in [-0.39, 0.29) is 77.4 Å². The first-order chi connectivity index (χ1) is 16.8. The van der Waals surface area contributed by atoms with Gasteiger partial charge in [0.2, 0.25) is 0 Å². The van der Waals surface area contributed by atoms with Crippen molar-refractivity contribution in [2.24, 2.45) is 58.7 Å². The van der Waals surface area contributed by atoms with Crippen molar-refractivity contribution in [1.29, 1.82) is 0 Å². The molecule has 0 aromatic rings. The number of allylic oxidation sites excluding steroid dienone is 2. The smallest absolute Gasteiger partial charge is 0.309 e. The monoisotopic (exact) mass is 496 g/mol. The Balaban J connectivity index is 1.47. The van der Waals surface area contributed by atoms with E-state index >= 15 is 0 Å². The third-order valence-corrected chi connectivity index (χ3v) is 12.4. The van der Waals surface area contributed by atoms with Crippen molar-refractivity contribution in [3.8, 4) is 0 Å². The van der Waals surface area contributed by atoms with Crippen molar-refractivity contribution < 1.29 is 29.3 Å². The third kappa shape index (κ3) is 2.43. The molecule has 196 valence electrons. The zero-order valence-electron chi connectivity index (χ0n) is 22.3. The molecule has 0 amide bonds. The summed E-state index contributed by atoms with van der Waals surface area (Å²) in [6.45, 7) is 12.2. The SMILES string of the molecule is CC1=C[C@@H]2C3[C@H](C(C)=C4[C@H]5OC(=O)[C@@H](C)[C@@H]5CC[C@](C)(O)[C@@H]43)[C@@]13C2[C@@](C)(O)CC[C@H]1[C@H](C)C(=O)O[C@@H]13. The average Bonchev–Trinajstić information content (AvgIpc) is 3.49. The molecular weight excluding hydrogens is 456 g/mol. The van der Waals surface area contributed by atoms with Crippen molar-refractivity contribution in [3.05, 3.63) is 22.8 Å². The molecule has 5 aliphatic carbocycles. The predicted molar refractivity (Wildman–Crippen MR) is 131 cm³/mol. The zero-order valence-corrected chi connectivity index (χ0v) is 22.3. The molecule has 7 rings (SSSR count). The molecule has 0 spiro atoms. The van der Waals surface area contributed by atoms with Crippen LogP contribution in [0.5, 0.6) is 0 Å². The Hall–Kier alpha value is -1.66. The van der Waals surface area contributed by atoms with Gasteiger partial charge in [-0.3, -0.25) is 9.59 Å². The molecule has 2 heterocycles. The van der Waals surface area contributed by atoms with E-state index in [0.717, 1.165) is 18.4 Å². The fourth-order valence-electron chi connectivity index (χ4n) is 11.0. The Morgan fingerprint density at radius 1 is 0.889 bits per heavy atom. The van der Waals surface area contributed by atoms with Crippen LogP contribution in [0.25, 0.3) is 0 Å². The number of aliphatic hydroxyl groups is 2. The number of esters is 2. The fourth-order valence-corrected chi connectivity index (χ4v) is 11.0. The molecule has 2 aliphatic heterocycles. The van der Waals surface area contributed by atoms with Crippen molar-refractivity contribution in [1.82, 2.24) is 0 Å². The molecule has 3 saturated carbocycles. The van der Waals surface area contributed by atoms with Gasteiger partial charge in [-0.2, -0.15) is 0 Å². The highest BCUT2D eigenvalue weighted by Crippen LogP contribution is 2.78. The zero-order chi connectivity index (χ0) is 25.7. The Bertz CT molecular complexity index is 1130. The van der Waals surface area contributed by atoms with E-state index in [9.17, 15) is 19.8 Å². The van der Waals surface area contributed by atoms with Crippen LogP contribution in [0, 0.1) is 58.7 Å². The van der Waals surface area contributed by atoms with Crippen molar-refractivity contribution in [2.45, 2.75) is 90.6 Å². The van der Waals surface area contributed by atoms with Crippen LogP contribution >= 0.6 is 0 Å². The first kappa shape index (κ1) is 23.5. The van der Waals surface area contributed by atoms with Crippen LogP contribution in [-0.4, -0.2) is 45.6 Å². The van der Waals surface area contributed by atoms with Crippen molar-refractivity contribution >= 4 is 11.9 Å². The van der Waals surface area contributed by atoms with Gasteiger partial charge in [0.25, 0.3) is 0 Å². The van der Waals surface area contributed by atoms with Crippen molar-refractivity contribution in [3.63, 3.8) is 0 Å². The van der Waals surface area contributed by atoms with E-state index in [1.807, 2.05) is 27.7 Å². The molecule has 0 aromatic carbocycles. The molecule has 6 heteroatoms. The molecule has 0 radical (unpaired) electrons. The fraction of sp³-hybridized carbons (Fsp3) is 0.800. The second-order valence-corrected chi connectivity index (χ2v) is 13.9. The van der Waals surface area contributed by atoms with Crippen molar-refractivity contribution in [2.75, 3.05) is 0 Å². The molecular formula is C30H40O6. The lowest BCUT2D eigenvalue weighted by Gasteiger charge is -2.47. The maximum absolute atomic E-state index is 13.0. The van der Waals surface area contributed by atoms with Gasteiger partial charge < -0.3 is 19.7 Å². The van der Waals surface area contributed by atoms with Crippen LogP contribution in [0.1, 0.15) is 67.2 Å². The Labute approximate surface area is 213 Å². The van der Waals surface area contributed by atoms with Crippen LogP contribution in [0.2, 0.25) is 0 Å². The van der Waals surface area contributed by atoms with E-state index in [0.29, 0.717) is 12.8 Å². The molecule has 2 unspecified atom stereocenters. The van der Waals surface area contributed by atoms with Gasteiger partial charge in [0.05, 0.1) is 23.0 Å². The molecule has 5 fully saturated rings. The summed E-state index contributed by atoms with van der Waals surface area (Å²) in [5.74, 6) is -0.460. The lowest BCUT2D eigenvalue weighted by molar-refractivity contribution is -0.153. The number of hydrogen-bond acceptors (Lipinski definition) is 6. The first-order valence-corrected chi connectivity index (χ1v) is 14.1. The summed E-state index contributed by atoms with van der Waals surface area (Å²) >= 11 is 0. The van der Waals surface area contributed by atoms with E-state index in [4.69, 9.17) is 9.47 Å². The van der Waals surface area contributed by atoms with E-state index in [2.05, 4.69) is 19.9 Å². The standard InChI is InChI=1S/C30H40O6/c1-12-11-18-20-21(30(12)24(18)29(6,34)10-8-17-14(3)27(32)36-25(17)30)15(4)19-22(20)28(5,33)9-7-16-13(2)26(31)35-23(16)19/h11,13-14,16-18,20-25,33-34H,7-10H2,1-6H3/t13-,14-,16-,17-,18+,20?,21-,22-,23-,24?,25-,28-,29-,30+/m0/s1. The molecule has 14 atom stereocenters. The lowest BCUT2D eigenvalue weighted by atomic mass is 9.58. The molecule has 7 aliphatic rings. The Kier molecular flexibility index (Phi) is 4.46. The van der Waals surface area contributed by atoms with Gasteiger partial charge in [-0.15, -0.1) is 0 Å². The van der Waals surface area contributed by atoms with Crippen LogP contribution in [-0.2, 0) is 19.1 Å². The molecule has 2 saturated heterocycles. The largest absolute Gasteiger partial charge is 0.461 e. The maximum atomic E-state index is 13.0. The highest BCUT2D eigenvalue weighted by molar-refractivity contribution is 5.76. The van der Waals surface area contributed by atoms with Gasteiger partial charge in [0.15, 0.2) is 0 Å². The number of hydrogen-bond donors (Lipinski definition) is 2. The lowest BCUT2D eigenvalue weighted by Crippen LogP contribution is -2.51. The van der Waals surface area contributed by atoms with Gasteiger partial charge in [-0.1, -0.05) is 31.1 Å². The minimum atomic E-state index is -0.931. The topological polar surface area (TPSA) is 93.1 Å². The number of fused-ring (bicyclic) bond motifs is 7. The van der Waals surface area contributed by atoms with Crippen LogP contribution in [0.15, 0.2) is 22.8 Å². The normalized spacial score (nSPS) is 58.8. The van der Waals surface area contributed by atoms with Crippen LogP contribution in [0.3, 0.4) is 0 Å². The predicted octanol–water partition coefficient (Wildman–Crippen LogP) is 3.80. The van der Waals surface area contributed by atoms with Gasteiger partial charge in [0, 0.05) is 29.1 Å². The van der Waals surface area contributed by atoms with Gasteiger partial charge in [0.1, 0.15) is 12.2 Å². The minimum absolute atomic E-state index is 0.0486. The summed E-state index contributed by atoms with van der Waals surface area (Å²) in [5.41, 5.74) is 1.23. The Morgan fingerprint density at radius 2 is 1.50 bits per heavy atom. The minimum Gasteiger partial charge on any atom is -0.461 e. The van der Waals surface area contributed by atoms with Crippen LogP contribution < -0.4 is 0 Å². The van der Waals surface area contributed by atoms with Gasteiger partial charge >= 0.3 is 11.9 Å². The third-order valence-electron chi connectivity index (χ3n) is 12.4. The molecule has 2 bridgehead atoms. The van der Waals surface area contributed by atoms with Gasteiger partial charge in [-0.05, 0) is 76.7 Å². The van der Waals surface area contributed by atoms with Crippen LogP contribution in [0.4, 0.5) is 0 Å². The van der Waals surface area contributed by atoms with E-state index in [1.54, 1.807) is 0 Å². The summed E-state index contributed by atoms with van der Waals surface area (Å²) in [6.07, 6.45) is 4.59. The highest BCUT2D eigenvalue weighted by atomic mass is 16.6. The molecule has 2 N–H and O–H groups in total. The summed E-state index contributed by atoms with van der Waals surface area (Å²) in [5, 5.41) is 24.1. The highest BCUT2D eigenvalue weighted by Gasteiger charge is 2.78. The second-order valence-electron chi connectivity index (χ2n) is 13.9. The summed E-state index contributed by atoms with van der Waals surface area (Å²) in [7, 11) is 0. The Morgan fingerprint density at radius 3 is 2.22 bits per heavy atom. The number of carbonyl (C=O) groups excluding carboxylic acids is 2. The van der Waals surface area contributed by atoms with E-state index in [1.165, 1.54) is 11.1 Å². The summed E-state index contributed by atoms with van der Waals surface area (Å²) in [6, 6.07) is 0. The molecule has 36 heavy (non-hydrogen) atoms. The quantitative estimate of drug-likeness (QED) is 0.391. The van der Waals surface area contributed by atoms with Gasteiger partial charge in [-0.25, -0.2) is 0 Å². The first-order valence-electron chi connectivity index (χ1n) is 14.1. The van der Waals surface area contributed by atoms with E-state index < -0.39 is 16.6 Å².